The van der Waals surface area contributed by atoms with Crippen LogP contribution >= 0.6 is 0 Å². The normalized spacial score (nSPS) is 14.4. The number of Topliss-reactive ketones (excluding diaryl/α,β-unsaturated/α-hetero) is 1. The summed E-state index contributed by atoms with van der Waals surface area (Å²) in [6, 6.07) is 13.7. The fourth-order valence-corrected chi connectivity index (χ4v) is 4.68. The second kappa shape index (κ2) is 9.33. The molecule has 1 fully saturated rings. The Labute approximate surface area is 208 Å². The Hall–Kier alpha value is -4.40. The topological polar surface area (TPSA) is 98.2 Å². The van der Waals surface area contributed by atoms with Crippen LogP contribution in [0, 0.1) is 6.92 Å². The molecule has 1 aliphatic rings. The van der Waals surface area contributed by atoms with Gasteiger partial charge in [0.15, 0.2) is 5.78 Å². The van der Waals surface area contributed by atoms with Crippen molar-refractivity contribution in [1.82, 2.24) is 14.4 Å². The van der Waals surface area contributed by atoms with Gasteiger partial charge in [-0.05, 0) is 67.9 Å². The van der Waals surface area contributed by atoms with E-state index in [2.05, 4.69) is 0 Å². The minimum atomic E-state index is -1.37. The number of ketones is 1. The molecule has 0 spiro atoms. The van der Waals surface area contributed by atoms with Crippen LogP contribution in [-0.2, 0) is 9.59 Å². The lowest BCUT2D eigenvalue weighted by atomic mass is 9.87. The molecule has 0 atom stereocenters. The van der Waals surface area contributed by atoms with Gasteiger partial charge in [-0.1, -0.05) is 0 Å². The third-order valence-electron chi connectivity index (χ3n) is 6.51. The maximum absolute atomic E-state index is 13.4. The molecule has 9 nitrogen and oxygen atoms in total. The summed E-state index contributed by atoms with van der Waals surface area (Å²) in [6.07, 6.45) is 0. The van der Waals surface area contributed by atoms with E-state index in [1.165, 1.54) is 21.0 Å². The molecule has 9 heteroatoms. The van der Waals surface area contributed by atoms with Gasteiger partial charge in [-0.3, -0.25) is 24.2 Å². The number of nitrogens with zero attached hydrogens (tertiary/aromatic N) is 3. The first-order valence-corrected chi connectivity index (χ1v) is 11.3. The van der Waals surface area contributed by atoms with Gasteiger partial charge >= 0.3 is 6.03 Å². The maximum Gasteiger partial charge on any atom is 0.332 e. The van der Waals surface area contributed by atoms with E-state index < -0.39 is 23.8 Å². The van der Waals surface area contributed by atoms with Crippen molar-refractivity contribution in [3.8, 4) is 28.4 Å². The van der Waals surface area contributed by atoms with Gasteiger partial charge in [0.1, 0.15) is 17.4 Å². The summed E-state index contributed by atoms with van der Waals surface area (Å²) in [5.74, 6) is -1.76. The second-order valence-corrected chi connectivity index (χ2v) is 8.55. The molecule has 0 bridgehead atoms. The van der Waals surface area contributed by atoms with Crippen molar-refractivity contribution in [2.24, 2.45) is 0 Å². The molecule has 186 valence electrons. The average molecular weight is 490 g/mol. The van der Waals surface area contributed by atoms with Crippen molar-refractivity contribution in [1.29, 1.82) is 0 Å². The van der Waals surface area contributed by atoms with Crippen LogP contribution in [-0.4, -0.2) is 66.3 Å². The third-order valence-corrected chi connectivity index (χ3v) is 6.51. The summed E-state index contributed by atoms with van der Waals surface area (Å²) in [4.78, 5) is 54.1. The number of likely N-dealkylation sites (N-methyl/N-ethyl adjacent to an activating group) is 2. The number of imide groups is 2. The van der Waals surface area contributed by atoms with Gasteiger partial charge in [0.2, 0.25) is 11.8 Å². The molecular formula is C27H27N3O6. The van der Waals surface area contributed by atoms with Crippen molar-refractivity contribution in [3.63, 3.8) is 0 Å². The van der Waals surface area contributed by atoms with Gasteiger partial charge in [0.25, 0.3) is 0 Å². The molecular weight excluding hydrogens is 462 g/mol. The number of hydrogen-bond acceptors (Lipinski definition) is 6. The van der Waals surface area contributed by atoms with E-state index in [-0.39, 0.29) is 16.9 Å². The zero-order valence-corrected chi connectivity index (χ0v) is 21.0. The summed E-state index contributed by atoms with van der Waals surface area (Å²) in [5, 5.41) is 0. The predicted octanol–water partition coefficient (Wildman–Crippen LogP) is 3.81. The molecule has 36 heavy (non-hydrogen) atoms. The molecule has 2 heterocycles. The van der Waals surface area contributed by atoms with Crippen molar-refractivity contribution in [3.05, 3.63) is 65.4 Å². The Balaban J connectivity index is 2.10. The van der Waals surface area contributed by atoms with Gasteiger partial charge in [-0.15, -0.1) is 0 Å². The van der Waals surface area contributed by atoms with Gasteiger partial charge in [0.05, 0.1) is 19.9 Å². The lowest BCUT2D eigenvalue weighted by Crippen LogP contribution is -2.56. The Morgan fingerprint density at radius 2 is 1.28 bits per heavy atom. The predicted molar refractivity (Wildman–Crippen MR) is 133 cm³/mol. The molecule has 1 saturated heterocycles. The van der Waals surface area contributed by atoms with E-state index in [4.69, 9.17) is 9.47 Å². The number of rotatable bonds is 6. The molecule has 4 amide bonds. The van der Waals surface area contributed by atoms with Crippen LogP contribution in [0.25, 0.3) is 16.9 Å². The molecule has 3 aromatic rings. The van der Waals surface area contributed by atoms with E-state index in [1.807, 2.05) is 16.7 Å². The SMILES string of the molecule is COc1ccc(-c2c(C3C(=O)N(C)C(=O)N(C)C3=O)c(C(C)=O)c(C)n2-c2ccc(OC)cc2)cc1. The third kappa shape index (κ3) is 3.82. The fourth-order valence-electron chi connectivity index (χ4n) is 4.68. The zero-order valence-electron chi connectivity index (χ0n) is 21.0. The number of benzene rings is 2. The van der Waals surface area contributed by atoms with Gasteiger partial charge in [-0.2, -0.15) is 0 Å². The van der Waals surface area contributed by atoms with E-state index >= 15 is 0 Å². The van der Waals surface area contributed by atoms with Crippen LogP contribution in [0.4, 0.5) is 4.79 Å². The van der Waals surface area contributed by atoms with Crippen LogP contribution in [0.1, 0.15) is 34.5 Å². The average Bonchev–Trinajstić information content (AvgIpc) is 3.19. The Kier molecular flexibility index (Phi) is 6.41. The van der Waals surface area contributed by atoms with Crippen LogP contribution in [0.15, 0.2) is 48.5 Å². The molecule has 0 saturated carbocycles. The lowest BCUT2D eigenvalue weighted by molar-refractivity contribution is -0.143. The number of carbonyl (C=O) groups is 4. The maximum atomic E-state index is 13.4. The van der Waals surface area contributed by atoms with Crippen LogP contribution < -0.4 is 9.47 Å². The smallest absolute Gasteiger partial charge is 0.332 e. The molecule has 1 aromatic heterocycles. The molecule has 1 aliphatic heterocycles. The largest absolute Gasteiger partial charge is 0.497 e. The van der Waals surface area contributed by atoms with Gasteiger partial charge < -0.3 is 14.0 Å². The summed E-state index contributed by atoms with van der Waals surface area (Å²) in [5.41, 5.74) is 2.98. The number of hydrogen-bond donors (Lipinski definition) is 0. The number of barbiturate groups is 1. The summed E-state index contributed by atoms with van der Waals surface area (Å²) < 4.78 is 12.4. The molecule has 0 aliphatic carbocycles. The molecule has 2 aromatic carbocycles. The van der Waals surface area contributed by atoms with Crippen LogP contribution in [0.2, 0.25) is 0 Å². The van der Waals surface area contributed by atoms with E-state index in [1.54, 1.807) is 57.5 Å². The first kappa shape index (κ1) is 24.7. The molecule has 0 radical (unpaired) electrons. The Bertz CT molecular complexity index is 1350. The number of methoxy groups -OCH3 is 2. The summed E-state index contributed by atoms with van der Waals surface area (Å²) in [7, 11) is 5.78. The first-order chi connectivity index (χ1) is 17.1. The highest BCUT2D eigenvalue weighted by atomic mass is 16.5. The van der Waals surface area contributed by atoms with Gasteiger partial charge in [0, 0.05) is 36.6 Å². The first-order valence-electron chi connectivity index (χ1n) is 11.3. The highest BCUT2D eigenvalue weighted by Crippen LogP contribution is 2.42. The van der Waals surface area contributed by atoms with E-state index in [9.17, 15) is 19.2 Å². The minimum absolute atomic E-state index is 0.263. The minimum Gasteiger partial charge on any atom is -0.497 e. The molecule has 0 unspecified atom stereocenters. The highest BCUT2D eigenvalue weighted by Gasteiger charge is 2.47. The van der Waals surface area contributed by atoms with Crippen molar-refractivity contribution < 1.29 is 28.7 Å². The fraction of sp³-hybridized carbons (Fsp3) is 0.259. The molecule has 4 rings (SSSR count). The van der Waals surface area contributed by atoms with Gasteiger partial charge in [-0.25, -0.2) is 4.79 Å². The monoisotopic (exact) mass is 489 g/mol. The van der Waals surface area contributed by atoms with Crippen molar-refractivity contribution in [2.45, 2.75) is 19.8 Å². The summed E-state index contributed by atoms with van der Waals surface area (Å²) in [6.45, 7) is 3.17. The van der Waals surface area contributed by atoms with Crippen molar-refractivity contribution in [2.75, 3.05) is 28.3 Å². The highest BCUT2D eigenvalue weighted by molar-refractivity contribution is 6.21. The van der Waals surface area contributed by atoms with Crippen molar-refractivity contribution >= 4 is 23.6 Å². The summed E-state index contributed by atoms with van der Waals surface area (Å²) >= 11 is 0. The molecule has 0 N–H and O–H groups in total. The van der Waals surface area contributed by atoms with E-state index in [0.29, 0.717) is 34.1 Å². The van der Waals surface area contributed by atoms with Crippen LogP contribution in [0.5, 0.6) is 11.5 Å². The Morgan fingerprint density at radius 3 is 1.72 bits per heavy atom. The Morgan fingerprint density at radius 1 is 0.806 bits per heavy atom. The number of amides is 4. The standard InChI is InChI=1S/C27H27N3O6/c1-15-21(16(2)31)22(23-25(32)28(3)27(34)29(4)26(23)33)24(17-7-11-19(35-5)12-8-17)30(15)18-9-13-20(36-6)14-10-18/h7-14,23H,1-6H3. The van der Waals surface area contributed by atoms with Crippen LogP contribution in [0.3, 0.4) is 0 Å². The number of urea groups is 1. The lowest BCUT2D eigenvalue weighted by Gasteiger charge is -2.33. The number of ether oxygens (including phenoxy) is 2. The second-order valence-electron chi connectivity index (χ2n) is 8.55. The van der Waals surface area contributed by atoms with E-state index in [0.717, 1.165) is 9.80 Å². The number of aromatic nitrogens is 1. The quantitative estimate of drug-likeness (QED) is 0.386. The number of carbonyl (C=O) groups excluding carboxylic acids is 4. The zero-order chi connectivity index (χ0) is 26.3.